The van der Waals surface area contributed by atoms with Crippen LogP contribution in [0.5, 0.6) is 11.5 Å². The van der Waals surface area contributed by atoms with Gasteiger partial charge in [0.25, 0.3) is 5.91 Å². The first-order chi connectivity index (χ1) is 15.5. The summed E-state index contributed by atoms with van der Waals surface area (Å²) < 4.78 is 17.5. The van der Waals surface area contributed by atoms with Gasteiger partial charge in [-0.1, -0.05) is 5.92 Å². The van der Waals surface area contributed by atoms with E-state index in [9.17, 15) is 9.59 Å². The summed E-state index contributed by atoms with van der Waals surface area (Å²) in [5, 5.41) is 4.46. The number of hydrogen-bond acceptors (Lipinski definition) is 7. The molecule has 1 aliphatic rings. The zero-order chi connectivity index (χ0) is 24.3. The van der Waals surface area contributed by atoms with Crippen molar-refractivity contribution in [2.24, 2.45) is 5.73 Å². The first kappa shape index (κ1) is 23.8. The van der Waals surface area contributed by atoms with E-state index in [0.29, 0.717) is 36.6 Å². The molecule has 1 aromatic heterocycles. The van der Waals surface area contributed by atoms with E-state index in [1.807, 2.05) is 20.8 Å². The number of nitrogen functional groups attached to an aromatic ring is 1. The van der Waals surface area contributed by atoms with Crippen LogP contribution in [0.3, 0.4) is 0 Å². The number of primary amides is 1. The molecule has 4 N–H and O–H groups in total. The van der Waals surface area contributed by atoms with E-state index < -0.39 is 17.6 Å². The first-order valence-corrected chi connectivity index (χ1v) is 10.4. The zero-order valence-corrected chi connectivity index (χ0v) is 19.5. The summed E-state index contributed by atoms with van der Waals surface area (Å²) in [6.45, 7) is 6.26. The molecule has 0 bridgehead atoms. The number of rotatable bonds is 4. The van der Waals surface area contributed by atoms with Crippen LogP contribution in [0.15, 0.2) is 18.2 Å². The molecule has 2 amide bonds. The average molecular weight is 456 g/mol. The van der Waals surface area contributed by atoms with Crippen molar-refractivity contribution in [2.75, 3.05) is 33.0 Å². The molecule has 3 rings (SSSR count). The Hall–Kier alpha value is -3.87. The summed E-state index contributed by atoms with van der Waals surface area (Å²) >= 11 is 0. The van der Waals surface area contributed by atoms with Crippen LogP contribution in [0.2, 0.25) is 0 Å². The lowest BCUT2D eigenvalue weighted by Gasteiger charge is -2.24. The van der Waals surface area contributed by atoms with Crippen LogP contribution in [0.4, 0.5) is 10.6 Å². The second kappa shape index (κ2) is 9.32. The van der Waals surface area contributed by atoms with Crippen molar-refractivity contribution in [1.82, 2.24) is 14.7 Å². The predicted octanol–water partition coefficient (Wildman–Crippen LogP) is 2.16. The molecular weight excluding hydrogens is 426 g/mol. The molecule has 1 atom stereocenters. The number of likely N-dealkylation sites (tertiary alicyclic amines) is 1. The maximum Gasteiger partial charge on any atom is 0.410 e. The Morgan fingerprint density at radius 3 is 2.30 bits per heavy atom. The van der Waals surface area contributed by atoms with Crippen LogP contribution >= 0.6 is 0 Å². The highest BCUT2D eigenvalue weighted by atomic mass is 16.6. The Kier molecular flexibility index (Phi) is 6.72. The number of carbonyl (C=O) groups is 2. The number of carbonyl (C=O) groups excluding carboxylic acids is 2. The second-order valence-electron chi connectivity index (χ2n) is 8.64. The lowest BCUT2D eigenvalue weighted by atomic mass is 10.1. The maximum absolute atomic E-state index is 12.4. The summed E-state index contributed by atoms with van der Waals surface area (Å²) in [6.07, 6.45) is 0.196. The van der Waals surface area contributed by atoms with E-state index in [1.165, 1.54) is 4.68 Å². The highest BCUT2D eigenvalue weighted by Crippen LogP contribution is 2.28. The van der Waals surface area contributed by atoms with Crippen LogP contribution in [-0.2, 0) is 4.74 Å². The largest absolute Gasteiger partial charge is 0.497 e. The van der Waals surface area contributed by atoms with Crippen molar-refractivity contribution in [3.05, 3.63) is 35.0 Å². The van der Waals surface area contributed by atoms with Gasteiger partial charge in [-0.3, -0.25) is 4.79 Å². The molecule has 10 heteroatoms. The van der Waals surface area contributed by atoms with Crippen molar-refractivity contribution < 1.29 is 23.8 Å². The topological polar surface area (TPSA) is 135 Å². The number of methoxy groups -OCH3 is 2. The molecule has 176 valence electrons. The molecule has 1 saturated heterocycles. The van der Waals surface area contributed by atoms with E-state index in [4.69, 9.17) is 25.7 Å². The Labute approximate surface area is 192 Å². The smallest absolute Gasteiger partial charge is 0.410 e. The summed E-state index contributed by atoms with van der Waals surface area (Å²) in [7, 11) is 3.09. The number of anilines is 1. The molecule has 1 fully saturated rings. The van der Waals surface area contributed by atoms with Crippen molar-refractivity contribution in [1.29, 1.82) is 0 Å². The van der Waals surface area contributed by atoms with Gasteiger partial charge in [0.1, 0.15) is 28.5 Å². The molecule has 2 heterocycles. The number of ether oxygens (including phenoxy) is 3. The van der Waals surface area contributed by atoms with E-state index in [1.54, 1.807) is 37.3 Å². The van der Waals surface area contributed by atoms with Gasteiger partial charge in [0.2, 0.25) is 0 Å². The third-order valence-corrected chi connectivity index (χ3v) is 5.03. The number of aromatic nitrogens is 2. The van der Waals surface area contributed by atoms with Gasteiger partial charge in [-0.2, -0.15) is 5.10 Å². The van der Waals surface area contributed by atoms with Crippen LogP contribution < -0.4 is 20.9 Å². The first-order valence-electron chi connectivity index (χ1n) is 10.4. The van der Waals surface area contributed by atoms with Crippen molar-refractivity contribution in [3.8, 4) is 23.3 Å². The fraction of sp³-hybridized carbons (Fsp3) is 0.435. The number of hydrogen-bond donors (Lipinski definition) is 2. The molecule has 0 aliphatic carbocycles. The van der Waals surface area contributed by atoms with Gasteiger partial charge < -0.3 is 30.6 Å². The molecule has 0 saturated carbocycles. The SMILES string of the molecule is COc1cc(C#Cc2nn(C3CCN(C(=O)OC(C)(C)C)C3)c(N)c2C(N)=O)cc(OC)c1. The van der Waals surface area contributed by atoms with Gasteiger partial charge in [-0.25, -0.2) is 9.48 Å². The van der Waals surface area contributed by atoms with E-state index in [2.05, 4.69) is 16.9 Å². The van der Waals surface area contributed by atoms with Crippen LogP contribution in [0.25, 0.3) is 0 Å². The van der Waals surface area contributed by atoms with Crippen molar-refractivity contribution >= 4 is 17.8 Å². The Morgan fingerprint density at radius 1 is 1.12 bits per heavy atom. The quantitative estimate of drug-likeness (QED) is 0.675. The highest BCUT2D eigenvalue weighted by Gasteiger charge is 2.33. The van der Waals surface area contributed by atoms with Crippen LogP contribution in [0.1, 0.15) is 54.8 Å². The minimum absolute atomic E-state index is 0.0491. The molecule has 0 radical (unpaired) electrons. The average Bonchev–Trinajstić information content (AvgIpc) is 3.35. The van der Waals surface area contributed by atoms with Gasteiger partial charge in [-0.15, -0.1) is 0 Å². The third kappa shape index (κ3) is 5.49. The molecular formula is C23H29N5O5. The van der Waals surface area contributed by atoms with Crippen LogP contribution in [0, 0.1) is 11.8 Å². The predicted molar refractivity (Wildman–Crippen MR) is 122 cm³/mol. The normalized spacial score (nSPS) is 15.5. The second-order valence-corrected chi connectivity index (χ2v) is 8.64. The molecule has 2 aromatic rings. The number of nitrogens with two attached hydrogens (primary N) is 2. The molecule has 1 aliphatic heterocycles. The molecule has 0 spiro atoms. The van der Waals surface area contributed by atoms with Gasteiger partial charge >= 0.3 is 6.09 Å². The Bertz CT molecular complexity index is 1100. The van der Waals surface area contributed by atoms with E-state index >= 15 is 0 Å². The number of nitrogens with zero attached hydrogens (tertiary/aromatic N) is 3. The molecule has 1 unspecified atom stereocenters. The van der Waals surface area contributed by atoms with Crippen LogP contribution in [-0.4, -0.2) is 59.6 Å². The minimum Gasteiger partial charge on any atom is -0.497 e. The Morgan fingerprint density at radius 2 is 1.76 bits per heavy atom. The number of benzene rings is 1. The van der Waals surface area contributed by atoms with E-state index in [0.717, 1.165) is 0 Å². The van der Waals surface area contributed by atoms with Gasteiger partial charge in [0, 0.05) is 24.7 Å². The molecule has 1 aromatic carbocycles. The van der Waals surface area contributed by atoms with Crippen molar-refractivity contribution in [3.63, 3.8) is 0 Å². The molecule has 10 nitrogen and oxygen atoms in total. The monoisotopic (exact) mass is 455 g/mol. The number of amides is 2. The minimum atomic E-state index is -0.728. The highest BCUT2D eigenvalue weighted by molar-refractivity contribution is 5.99. The summed E-state index contributed by atoms with van der Waals surface area (Å²) in [5.74, 6) is 6.38. The lowest BCUT2D eigenvalue weighted by Crippen LogP contribution is -2.35. The summed E-state index contributed by atoms with van der Waals surface area (Å²) in [6, 6.07) is 4.96. The zero-order valence-electron chi connectivity index (χ0n) is 19.5. The standard InChI is InChI=1S/C23H29N5O5/c1-23(2,3)33-22(30)27-9-8-15(13-27)28-20(24)19(21(25)29)18(26-28)7-6-14-10-16(31-4)12-17(11-14)32-5/h10-12,15H,8-9,13,24H2,1-5H3,(H2,25,29). The fourth-order valence-electron chi connectivity index (χ4n) is 3.50. The van der Waals surface area contributed by atoms with Gasteiger partial charge in [-0.05, 0) is 45.2 Å². The maximum atomic E-state index is 12.4. The lowest BCUT2D eigenvalue weighted by molar-refractivity contribution is 0.0288. The van der Waals surface area contributed by atoms with Gasteiger partial charge in [0.15, 0.2) is 5.69 Å². The van der Waals surface area contributed by atoms with Gasteiger partial charge in [0.05, 0.1) is 20.3 Å². The third-order valence-electron chi connectivity index (χ3n) is 5.03. The summed E-state index contributed by atoms with van der Waals surface area (Å²) in [5.41, 5.74) is 12.0. The Balaban J connectivity index is 1.90. The summed E-state index contributed by atoms with van der Waals surface area (Å²) in [4.78, 5) is 26.1. The van der Waals surface area contributed by atoms with Crippen molar-refractivity contribution in [2.45, 2.75) is 38.8 Å². The fourth-order valence-corrected chi connectivity index (χ4v) is 3.50. The van der Waals surface area contributed by atoms with E-state index in [-0.39, 0.29) is 23.1 Å². The molecule has 33 heavy (non-hydrogen) atoms.